The highest BCUT2D eigenvalue weighted by Gasteiger charge is 2.20. The number of halogens is 1. The number of esters is 1. The molecule has 27 heavy (non-hydrogen) atoms. The van der Waals surface area contributed by atoms with Crippen molar-refractivity contribution >= 4 is 23.3 Å². The Labute approximate surface area is 157 Å². The number of hydrogen-bond donors (Lipinski definition) is 0. The summed E-state index contributed by atoms with van der Waals surface area (Å²) in [5, 5.41) is 19.4. The van der Waals surface area contributed by atoms with E-state index in [0.717, 1.165) is 6.07 Å². The van der Waals surface area contributed by atoms with Gasteiger partial charge in [0.1, 0.15) is 0 Å². The fraction of sp³-hybridized carbons (Fsp3) is 0.118. The molecule has 9 nitrogen and oxygen atoms in total. The van der Waals surface area contributed by atoms with Crippen LogP contribution in [0.1, 0.15) is 16.2 Å². The SMILES string of the molecule is COC(=O)c1ccc(OCc2nnc(-c3ccccc3Cl)o2)c([N+](=O)[O-])c1. The van der Waals surface area contributed by atoms with Gasteiger partial charge >= 0.3 is 11.7 Å². The van der Waals surface area contributed by atoms with Crippen LogP contribution in [0.2, 0.25) is 5.02 Å². The molecule has 0 unspecified atom stereocenters. The van der Waals surface area contributed by atoms with Gasteiger partial charge in [0.15, 0.2) is 12.4 Å². The fourth-order valence-corrected chi connectivity index (χ4v) is 2.44. The minimum Gasteiger partial charge on any atom is -0.477 e. The smallest absolute Gasteiger partial charge is 0.338 e. The molecular weight excluding hydrogens is 378 g/mol. The van der Waals surface area contributed by atoms with Crippen molar-refractivity contribution in [2.24, 2.45) is 0 Å². The van der Waals surface area contributed by atoms with Crippen molar-refractivity contribution in [2.45, 2.75) is 6.61 Å². The zero-order chi connectivity index (χ0) is 19.4. The van der Waals surface area contributed by atoms with E-state index in [-0.39, 0.29) is 35.4 Å². The molecule has 0 saturated heterocycles. The molecule has 2 aromatic carbocycles. The highest BCUT2D eigenvalue weighted by atomic mass is 35.5. The number of aromatic nitrogens is 2. The lowest BCUT2D eigenvalue weighted by atomic mass is 10.2. The summed E-state index contributed by atoms with van der Waals surface area (Å²) in [4.78, 5) is 22.1. The standard InChI is InChI=1S/C17H12ClN3O6/c1-25-17(22)10-6-7-14(13(8-10)21(23)24)26-9-15-19-20-16(27-15)11-4-2-3-5-12(11)18/h2-8H,9H2,1H3. The normalized spacial score (nSPS) is 10.4. The predicted molar refractivity (Wildman–Crippen MR) is 93.5 cm³/mol. The maximum absolute atomic E-state index is 11.5. The molecule has 1 aromatic heterocycles. The van der Waals surface area contributed by atoms with E-state index in [1.807, 2.05) is 0 Å². The second-order valence-corrected chi connectivity index (χ2v) is 5.61. The quantitative estimate of drug-likeness (QED) is 0.356. The van der Waals surface area contributed by atoms with Crippen LogP contribution in [-0.2, 0) is 11.3 Å². The maximum Gasteiger partial charge on any atom is 0.338 e. The van der Waals surface area contributed by atoms with Gasteiger partial charge in [-0.25, -0.2) is 4.79 Å². The minimum atomic E-state index is -0.689. The van der Waals surface area contributed by atoms with E-state index in [0.29, 0.717) is 10.6 Å². The van der Waals surface area contributed by atoms with Gasteiger partial charge in [0.25, 0.3) is 5.89 Å². The van der Waals surface area contributed by atoms with Crippen molar-refractivity contribution in [3.05, 3.63) is 69.1 Å². The first-order chi connectivity index (χ1) is 13.0. The molecule has 0 amide bonds. The molecule has 0 fully saturated rings. The third kappa shape index (κ3) is 4.04. The molecule has 0 bridgehead atoms. The van der Waals surface area contributed by atoms with Crippen LogP contribution in [-0.4, -0.2) is 28.2 Å². The number of carbonyl (C=O) groups excluding carboxylic acids is 1. The number of hydrogen-bond acceptors (Lipinski definition) is 8. The van der Waals surface area contributed by atoms with Crippen LogP contribution in [0.3, 0.4) is 0 Å². The van der Waals surface area contributed by atoms with Gasteiger partial charge in [0.05, 0.1) is 28.2 Å². The van der Waals surface area contributed by atoms with Gasteiger partial charge in [0.2, 0.25) is 5.89 Å². The first kappa shape index (κ1) is 18.3. The molecule has 10 heteroatoms. The number of nitro groups is 1. The summed E-state index contributed by atoms with van der Waals surface area (Å²) in [5.41, 5.74) is 0.213. The highest BCUT2D eigenvalue weighted by molar-refractivity contribution is 6.33. The Morgan fingerprint density at radius 1 is 1.26 bits per heavy atom. The third-order valence-electron chi connectivity index (χ3n) is 3.50. The molecule has 0 atom stereocenters. The van der Waals surface area contributed by atoms with Gasteiger partial charge in [-0.1, -0.05) is 23.7 Å². The maximum atomic E-state index is 11.5. The van der Waals surface area contributed by atoms with Gasteiger partial charge in [0, 0.05) is 6.07 Å². The van der Waals surface area contributed by atoms with Gasteiger partial charge in [-0.15, -0.1) is 10.2 Å². The summed E-state index contributed by atoms with van der Waals surface area (Å²) in [6, 6.07) is 10.7. The minimum absolute atomic E-state index is 0.0374. The van der Waals surface area contributed by atoms with Crippen molar-refractivity contribution < 1.29 is 23.6 Å². The number of methoxy groups -OCH3 is 1. The van der Waals surface area contributed by atoms with Crippen molar-refractivity contribution in [3.63, 3.8) is 0 Å². The molecule has 0 radical (unpaired) electrons. The Balaban J connectivity index is 1.78. The highest BCUT2D eigenvalue weighted by Crippen LogP contribution is 2.30. The summed E-state index contributed by atoms with van der Waals surface area (Å²) in [7, 11) is 1.19. The van der Waals surface area contributed by atoms with Crippen LogP contribution >= 0.6 is 11.6 Å². The lowest BCUT2D eigenvalue weighted by molar-refractivity contribution is -0.386. The first-order valence-electron chi connectivity index (χ1n) is 7.56. The topological polar surface area (TPSA) is 118 Å². The Bertz CT molecular complexity index is 1000. The average Bonchev–Trinajstić information content (AvgIpc) is 3.14. The summed E-state index contributed by atoms with van der Waals surface area (Å²) in [5.74, 6) is -0.429. The van der Waals surface area contributed by atoms with Gasteiger partial charge in [-0.05, 0) is 24.3 Å². The molecule has 0 aliphatic carbocycles. The van der Waals surface area contributed by atoms with Crippen molar-refractivity contribution in [1.82, 2.24) is 10.2 Å². The van der Waals surface area contributed by atoms with Crippen LogP contribution in [0.5, 0.6) is 5.75 Å². The lowest BCUT2D eigenvalue weighted by Gasteiger charge is -2.06. The third-order valence-corrected chi connectivity index (χ3v) is 3.83. The fourth-order valence-electron chi connectivity index (χ4n) is 2.22. The molecule has 0 aliphatic rings. The van der Waals surface area contributed by atoms with E-state index < -0.39 is 10.9 Å². The number of rotatable bonds is 6. The van der Waals surface area contributed by atoms with Crippen LogP contribution in [0.25, 0.3) is 11.5 Å². The molecule has 3 aromatic rings. The van der Waals surface area contributed by atoms with Crippen molar-refractivity contribution in [3.8, 4) is 17.2 Å². The molecule has 0 aliphatic heterocycles. The molecule has 0 spiro atoms. The average molecular weight is 390 g/mol. The Morgan fingerprint density at radius 3 is 2.74 bits per heavy atom. The van der Waals surface area contributed by atoms with Gasteiger partial charge in [-0.3, -0.25) is 10.1 Å². The van der Waals surface area contributed by atoms with Gasteiger partial charge < -0.3 is 13.9 Å². The summed E-state index contributed by atoms with van der Waals surface area (Å²) >= 11 is 6.08. The Morgan fingerprint density at radius 2 is 2.04 bits per heavy atom. The van der Waals surface area contributed by atoms with E-state index in [4.69, 9.17) is 20.8 Å². The summed E-state index contributed by atoms with van der Waals surface area (Å²) < 4.78 is 15.4. The van der Waals surface area contributed by atoms with E-state index in [1.165, 1.54) is 19.2 Å². The molecular formula is C17H12ClN3O6. The monoisotopic (exact) mass is 389 g/mol. The lowest BCUT2D eigenvalue weighted by Crippen LogP contribution is -2.04. The second kappa shape index (κ2) is 7.83. The zero-order valence-electron chi connectivity index (χ0n) is 13.9. The molecule has 3 rings (SSSR count). The van der Waals surface area contributed by atoms with Crippen molar-refractivity contribution in [1.29, 1.82) is 0 Å². The number of nitro benzene ring substituents is 1. The van der Waals surface area contributed by atoms with E-state index in [9.17, 15) is 14.9 Å². The Hall–Kier alpha value is -3.46. The number of carbonyl (C=O) groups is 1. The van der Waals surface area contributed by atoms with Crippen LogP contribution in [0, 0.1) is 10.1 Å². The van der Waals surface area contributed by atoms with Crippen LogP contribution in [0.15, 0.2) is 46.9 Å². The number of ether oxygens (including phenoxy) is 2. The molecule has 138 valence electrons. The van der Waals surface area contributed by atoms with Crippen molar-refractivity contribution in [2.75, 3.05) is 7.11 Å². The number of benzene rings is 2. The van der Waals surface area contributed by atoms with E-state index in [2.05, 4.69) is 14.9 Å². The summed E-state index contributed by atoms with van der Waals surface area (Å²) in [6.07, 6.45) is 0. The predicted octanol–water partition coefficient (Wildman–Crippen LogP) is 3.66. The van der Waals surface area contributed by atoms with Gasteiger partial charge in [-0.2, -0.15) is 0 Å². The van der Waals surface area contributed by atoms with E-state index in [1.54, 1.807) is 24.3 Å². The largest absolute Gasteiger partial charge is 0.477 e. The summed E-state index contributed by atoms with van der Waals surface area (Å²) in [6.45, 7) is -0.199. The second-order valence-electron chi connectivity index (χ2n) is 5.20. The zero-order valence-corrected chi connectivity index (χ0v) is 14.7. The Kier molecular flexibility index (Phi) is 5.32. The molecule has 1 heterocycles. The number of nitrogens with zero attached hydrogens (tertiary/aromatic N) is 3. The van der Waals surface area contributed by atoms with Crippen LogP contribution in [0.4, 0.5) is 5.69 Å². The molecule has 0 N–H and O–H groups in total. The first-order valence-corrected chi connectivity index (χ1v) is 7.94. The molecule has 0 saturated carbocycles. The van der Waals surface area contributed by atoms with Crippen LogP contribution < -0.4 is 4.74 Å². The van der Waals surface area contributed by atoms with E-state index >= 15 is 0 Å².